The van der Waals surface area contributed by atoms with Crippen molar-refractivity contribution in [3.8, 4) is 16.9 Å². The van der Waals surface area contributed by atoms with E-state index in [4.69, 9.17) is 4.74 Å². The van der Waals surface area contributed by atoms with Crippen LogP contribution in [0.2, 0.25) is 0 Å². The Morgan fingerprint density at radius 2 is 1.72 bits per heavy atom. The molecule has 4 rings (SSSR count). The van der Waals surface area contributed by atoms with Gasteiger partial charge in [0.2, 0.25) is 10.0 Å². The van der Waals surface area contributed by atoms with Gasteiger partial charge >= 0.3 is 0 Å². The molecule has 6 nitrogen and oxygen atoms in total. The normalized spacial score (nSPS) is 20.7. The molecule has 0 saturated carbocycles. The molecular weight excluding hydrogens is 472 g/mol. The molecule has 36 heavy (non-hydrogen) atoms. The Bertz CT molecular complexity index is 1260. The van der Waals surface area contributed by atoms with Gasteiger partial charge in [0, 0.05) is 31.6 Å². The SMILES string of the molecule is Cc1ccc(-c2ccc3c(c2)O[C@@H](CN(C)Cc2ccccc2)[C@@H](C)CN([C@H](C)CO)S3(=O)=O)cc1. The van der Waals surface area contributed by atoms with Gasteiger partial charge in [-0.15, -0.1) is 0 Å². The van der Waals surface area contributed by atoms with Gasteiger partial charge in [-0.3, -0.25) is 4.90 Å². The molecule has 3 aromatic carbocycles. The maximum Gasteiger partial charge on any atom is 0.247 e. The van der Waals surface area contributed by atoms with E-state index in [0.717, 1.165) is 23.2 Å². The molecular formula is C29H36N2O4S. The number of rotatable bonds is 7. The van der Waals surface area contributed by atoms with Crippen LogP contribution in [0, 0.1) is 12.8 Å². The number of sulfonamides is 1. The van der Waals surface area contributed by atoms with Gasteiger partial charge in [0.1, 0.15) is 16.7 Å². The minimum atomic E-state index is -3.86. The van der Waals surface area contributed by atoms with Gasteiger partial charge in [-0.2, -0.15) is 4.31 Å². The minimum Gasteiger partial charge on any atom is -0.487 e. The monoisotopic (exact) mass is 508 g/mol. The molecule has 1 N–H and O–H groups in total. The molecule has 3 aromatic rings. The number of hydrogen-bond acceptors (Lipinski definition) is 5. The molecule has 0 fully saturated rings. The van der Waals surface area contributed by atoms with Gasteiger partial charge < -0.3 is 9.84 Å². The Kier molecular flexibility index (Phi) is 8.15. The van der Waals surface area contributed by atoms with E-state index in [0.29, 0.717) is 12.3 Å². The largest absolute Gasteiger partial charge is 0.487 e. The third-order valence-electron chi connectivity index (χ3n) is 6.84. The van der Waals surface area contributed by atoms with E-state index in [2.05, 4.69) is 24.1 Å². The molecule has 0 amide bonds. The highest BCUT2D eigenvalue weighted by Gasteiger charge is 2.38. The summed E-state index contributed by atoms with van der Waals surface area (Å²) in [5.41, 5.74) is 4.26. The van der Waals surface area contributed by atoms with Crippen LogP contribution >= 0.6 is 0 Å². The average Bonchev–Trinajstić information content (AvgIpc) is 2.86. The van der Waals surface area contributed by atoms with Crippen molar-refractivity contribution in [3.63, 3.8) is 0 Å². The van der Waals surface area contributed by atoms with Gasteiger partial charge in [0.25, 0.3) is 0 Å². The quantitative estimate of drug-likeness (QED) is 0.507. The fourth-order valence-electron chi connectivity index (χ4n) is 4.64. The fraction of sp³-hybridized carbons (Fsp3) is 0.379. The van der Waals surface area contributed by atoms with Crippen molar-refractivity contribution in [1.29, 1.82) is 0 Å². The van der Waals surface area contributed by atoms with Crippen LogP contribution in [-0.2, 0) is 16.6 Å². The van der Waals surface area contributed by atoms with Crippen molar-refractivity contribution in [2.45, 2.75) is 44.4 Å². The van der Waals surface area contributed by atoms with E-state index in [1.807, 2.05) is 68.4 Å². The van der Waals surface area contributed by atoms with Crippen LogP contribution in [-0.4, -0.2) is 61.6 Å². The zero-order valence-electron chi connectivity index (χ0n) is 21.5. The summed E-state index contributed by atoms with van der Waals surface area (Å²) in [6, 6.07) is 23.2. The number of nitrogens with zero attached hydrogens (tertiary/aromatic N) is 2. The summed E-state index contributed by atoms with van der Waals surface area (Å²) < 4.78 is 35.4. The Hall–Kier alpha value is -2.71. The number of hydrogen-bond donors (Lipinski definition) is 1. The van der Waals surface area contributed by atoms with E-state index in [1.54, 1.807) is 13.0 Å². The van der Waals surface area contributed by atoms with Crippen LogP contribution in [0.15, 0.2) is 77.7 Å². The second kappa shape index (κ2) is 11.1. The number of aliphatic hydroxyl groups is 1. The molecule has 192 valence electrons. The van der Waals surface area contributed by atoms with E-state index in [-0.39, 0.29) is 30.1 Å². The molecule has 0 aromatic heterocycles. The Balaban J connectivity index is 1.72. The lowest BCUT2D eigenvalue weighted by atomic mass is 10.0. The van der Waals surface area contributed by atoms with Crippen molar-refractivity contribution >= 4 is 10.0 Å². The maximum atomic E-state index is 13.7. The summed E-state index contributed by atoms with van der Waals surface area (Å²) >= 11 is 0. The van der Waals surface area contributed by atoms with Crippen LogP contribution < -0.4 is 4.74 Å². The lowest BCUT2D eigenvalue weighted by Crippen LogP contribution is -2.49. The third-order valence-corrected chi connectivity index (χ3v) is 8.86. The van der Waals surface area contributed by atoms with Crippen LogP contribution in [0.1, 0.15) is 25.0 Å². The zero-order valence-corrected chi connectivity index (χ0v) is 22.3. The number of likely N-dealkylation sites (N-methyl/N-ethyl adjacent to an activating group) is 1. The van der Waals surface area contributed by atoms with Crippen LogP contribution in [0.5, 0.6) is 5.75 Å². The molecule has 3 atom stereocenters. The molecule has 1 aliphatic rings. The number of aliphatic hydroxyl groups excluding tert-OH is 1. The van der Waals surface area contributed by atoms with Gasteiger partial charge in [-0.05, 0) is 49.7 Å². The topological polar surface area (TPSA) is 70.1 Å². The first-order valence-electron chi connectivity index (χ1n) is 12.4. The Labute approximate surface area is 215 Å². The highest BCUT2D eigenvalue weighted by Crippen LogP contribution is 2.36. The van der Waals surface area contributed by atoms with E-state index >= 15 is 0 Å². The van der Waals surface area contributed by atoms with Crippen molar-refractivity contribution < 1.29 is 18.3 Å². The van der Waals surface area contributed by atoms with Crippen molar-refractivity contribution in [2.24, 2.45) is 5.92 Å². The number of fused-ring (bicyclic) bond motifs is 1. The van der Waals surface area contributed by atoms with E-state index in [1.165, 1.54) is 9.87 Å². The van der Waals surface area contributed by atoms with Gasteiger partial charge in [0.05, 0.1) is 6.61 Å². The van der Waals surface area contributed by atoms with Crippen LogP contribution in [0.4, 0.5) is 0 Å². The van der Waals surface area contributed by atoms with Crippen molar-refractivity contribution in [1.82, 2.24) is 9.21 Å². The molecule has 0 bridgehead atoms. The first-order valence-corrected chi connectivity index (χ1v) is 13.9. The molecule has 0 radical (unpaired) electrons. The lowest BCUT2D eigenvalue weighted by Gasteiger charge is -2.37. The molecule has 1 aliphatic heterocycles. The summed E-state index contributed by atoms with van der Waals surface area (Å²) in [4.78, 5) is 2.34. The lowest BCUT2D eigenvalue weighted by molar-refractivity contribution is 0.0734. The Morgan fingerprint density at radius 3 is 2.39 bits per heavy atom. The first kappa shape index (κ1) is 26.4. The van der Waals surface area contributed by atoms with Crippen LogP contribution in [0.25, 0.3) is 11.1 Å². The van der Waals surface area contributed by atoms with Crippen molar-refractivity contribution in [3.05, 3.63) is 83.9 Å². The smallest absolute Gasteiger partial charge is 0.247 e. The van der Waals surface area contributed by atoms with Crippen LogP contribution in [0.3, 0.4) is 0 Å². The number of ether oxygens (including phenoxy) is 1. The second-order valence-electron chi connectivity index (χ2n) is 9.95. The summed E-state index contributed by atoms with van der Waals surface area (Å²) in [6.45, 7) is 7.21. The summed E-state index contributed by atoms with van der Waals surface area (Å²) in [6.07, 6.45) is -0.241. The van der Waals surface area contributed by atoms with Gasteiger partial charge in [-0.25, -0.2) is 8.42 Å². The highest BCUT2D eigenvalue weighted by molar-refractivity contribution is 7.89. The highest BCUT2D eigenvalue weighted by atomic mass is 32.2. The molecule has 0 unspecified atom stereocenters. The summed E-state index contributed by atoms with van der Waals surface area (Å²) in [5.74, 6) is 0.260. The summed E-state index contributed by atoms with van der Waals surface area (Å²) in [5, 5.41) is 9.86. The van der Waals surface area contributed by atoms with Gasteiger partial charge in [-0.1, -0.05) is 73.2 Å². The Morgan fingerprint density at radius 1 is 1.06 bits per heavy atom. The average molecular weight is 509 g/mol. The maximum absolute atomic E-state index is 13.7. The standard InChI is InChI=1S/C29H36N2O4S/c1-21-10-12-25(13-11-21)26-14-15-29-27(16-26)35-28(19-30(4)18-24-8-6-5-7-9-24)22(2)17-31(23(3)20-32)36(29,33)34/h5-16,22-23,28,32H,17-20H2,1-4H3/t22-,23+,28-/m0/s1. The fourth-order valence-corrected chi connectivity index (χ4v) is 6.46. The number of aryl methyl sites for hydroxylation is 1. The molecule has 0 saturated heterocycles. The molecule has 1 heterocycles. The molecule has 7 heteroatoms. The minimum absolute atomic E-state index is 0.0943. The van der Waals surface area contributed by atoms with Crippen molar-refractivity contribution in [2.75, 3.05) is 26.7 Å². The predicted molar refractivity (Wildman–Crippen MR) is 143 cm³/mol. The zero-order chi connectivity index (χ0) is 25.9. The van der Waals surface area contributed by atoms with E-state index < -0.39 is 16.1 Å². The van der Waals surface area contributed by atoms with E-state index in [9.17, 15) is 13.5 Å². The molecule has 0 spiro atoms. The predicted octanol–water partition coefficient (Wildman–Crippen LogP) is 4.56. The first-order chi connectivity index (χ1) is 17.2. The summed E-state index contributed by atoms with van der Waals surface area (Å²) in [7, 11) is -1.81. The number of benzene rings is 3. The third kappa shape index (κ3) is 5.81. The van der Waals surface area contributed by atoms with Gasteiger partial charge in [0.15, 0.2) is 0 Å². The molecule has 0 aliphatic carbocycles. The second-order valence-corrected chi connectivity index (χ2v) is 11.8.